The summed E-state index contributed by atoms with van der Waals surface area (Å²) in [5.41, 5.74) is 1.25. The Morgan fingerprint density at radius 1 is 1.24 bits per heavy atom. The minimum Gasteiger partial charge on any atom is -0.487 e. The summed E-state index contributed by atoms with van der Waals surface area (Å²) < 4.78 is 12.6. The van der Waals surface area contributed by atoms with Crippen molar-refractivity contribution in [3.8, 4) is 5.75 Å². The van der Waals surface area contributed by atoms with Gasteiger partial charge in [-0.1, -0.05) is 19.9 Å². The van der Waals surface area contributed by atoms with E-state index >= 15 is 0 Å². The molecule has 0 aliphatic heterocycles. The van der Waals surface area contributed by atoms with E-state index in [9.17, 15) is 14.7 Å². The van der Waals surface area contributed by atoms with Crippen LogP contribution in [0.3, 0.4) is 0 Å². The second-order valence-corrected chi connectivity index (χ2v) is 5.20. The van der Waals surface area contributed by atoms with Crippen LogP contribution in [0.25, 0.3) is 11.0 Å². The van der Waals surface area contributed by atoms with Crippen molar-refractivity contribution in [1.82, 2.24) is 4.57 Å². The predicted octanol–water partition coefficient (Wildman–Crippen LogP) is 3.74. The molecular formula is C19H21NO5. The van der Waals surface area contributed by atoms with Crippen molar-refractivity contribution in [3.63, 3.8) is 0 Å². The van der Waals surface area contributed by atoms with Crippen molar-refractivity contribution in [2.75, 3.05) is 0 Å². The molecule has 0 spiro atoms. The molecule has 0 radical (unpaired) electrons. The minimum absolute atomic E-state index is 0.111. The van der Waals surface area contributed by atoms with Gasteiger partial charge in [0.05, 0.1) is 5.69 Å². The smallest absolute Gasteiger partial charge is 0.339 e. The minimum atomic E-state index is -1.04. The van der Waals surface area contributed by atoms with Gasteiger partial charge in [-0.25, -0.2) is 4.79 Å². The number of pyridine rings is 1. The maximum absolute atomic E-state index is 11.6. The molecule has 0 bridgehead atoms. The number of carboxylic acid groups (broad SMARTS) is 1. The predicted molar refractivity (Wildman–Crippen MR) is 95.3 cm³/mol. The van der Waals surface area contributed by atoms with Crippen molar-refractivity contribution >= 4 is 16.9 Å². The highest BCUT2D eigenvalue weighted by Crippen LogP contribution is 2.29. The van der Waals surface area contributed by atoms with Crippen LogP contribution < -0.4 is 10.3 Å². The first kappa shape index (κ1) is 18.3. The summed E-state index contributed by atoms with van der Waals surface area (Å²) >= 11 is 0. The Labute approximate surface area is 145 Å². The zero-order valence-corrected chi connectivity index (χ0v) is 14.7. The average Bonchev–Trinajstić information content (AvgIpc) is 2.93. The van der Waals surface area contributed by atoms with Crippen LogP contribution in [0.15, 0.2) is 45.6 Å². The Kier molecular flexibility index (Phi) is 5.64. The highest BCUT2D eigenvalue weighted by molar-refractivity contribution is 6.03. The van der Waals surface area contributed by atoms with Crippen LogP contribution >= 0.6 is 0 Å². The van der Waals surface area contributed by atoms with Crippen LogP contribution in [0.2, 0.25) is 0 Å². The highest BCUT2D eigenvalue weighted by Gasteiger charge is 2.17. The first-order valence-electron chi connectivity index (χ1n) is 8.01. The molecule has 0 amide bonds. The van der Waals surface area contributed by atoms with Gasteiger partial charge in [-0.15, -0.1) is 0 Å². The lowest BCUT2D eigenvalue weighted by Gasteiger charge is -2.09. The van der Waals surface area contributed by atoms with Gasteiger partial charge in [0, 0.05) is 18.5 Å². The van der Waals surface area contributed by atoms with Gasteiger partial charge in [-0.05, 0) is 31.2 Å². The summed E-state index contributed by atoms with van der Waals surface area (Å²) in [5, 5.41) is 9.77. The number of nitrogens with zero attached hydrogens (tertiary/aromatic N) is 1. The third kappa shape index (κ3) is 3.74. The third-order valence-electron chi connectivity index (χ3n) is 3.72. The van der Waals surface area contributed by atoms with Crippen molar-refractivity contribution < 1.29 is 19.1 Å². The maximum atomic E-state index is 11.6. The van der Waals surface area contributed by atoms with Crippen LogP contribution in [0.1, 0.15) is 35.7 Å². The number of aromatic carboxylic acids is 1. The Morgan fingerprint density at radius 2 is 1.96 bits per heavy atom. The summed E-state index contributed by atoms with van der Waals surface area (Å²) in [4.78, 5) is 22.9. The van der Waals surface area contributed by atoms with Gasteiger partial charge in [0.15, 0.2) is 0 Å². The molecule has 132 valence electrons. The molecule has 3 aromatic rings. The molecule has 0 unspecified atom stereocenters. The normalized spacial score (nSPS) is 10.2. The van der Waals surface area contributed by atoms with Crippen molar-refractivity contribution in [1.29, 1.82) is 0 Å². The summed E-state index contributed by atoms with van der Waals surface area (Å²) in [6.07, 6.45) is 0. The first-order valence-corrected chi connectivity index (χ1v) is 8.01. The number of hydrogen-bond acceptors (Lipinski definition) is 4. The molecule has 25 heavy (non-hydrogen) atoms. The van der Waals surface area contributed by atoms with Gasteiger partial charge in [0.2, 0.25) is 0 Å². The number of rotatable bonds is 4. The molecule has 1 N–H and O–H groups in total. The van der Waals surface area contributed by atoms with E-state index in [1.807, 2.05) is 13.8 Å². The topological polar surface area (TPSA) is 81.7 Å². The Balaban J connectivity index is 0.00000109. The molecule has 0 aliphatic rings. The lowest BCUT2D eigenvalue weighted by Crippen LogP contribution is -2.19. The van der Waals surface area contributed by atoms with Gasteiger partial charge in [-0.2, -0.15) is 0 Å². The second kappa shape index (κ2) is 7.70. The molecule has 0 atom stereocenters. The monoisotopic (exact) mass is 343 g/mol. The standard InChI is InChI=1S/C17H15NO5.C2H6/c1-10-16(17(20)21)13-8-12(6-7-14(13)23-10)22-9-11-4-3-5-15(19)18(11)2;1-2/h3-8H,9H2,1-2H3,(H,20,21);1-2H3. The number of hydrogen-bond donors (Lipinski definition) is 1. The van der Waals surface area contributed by atoms with Crippen molar-refractivity contribution in [3.05, 3.63) is 63.8 Å². The molecule has 3 rings (SSSR count). The zero-order valence-electron chi connectivity index (χ0n) is 14.7. The van der Waals surface area contributed by atoms with E-state index in [2.05, 4.69) is 0 Å². The maximum Gasteiger partial charge on any atom is 0.339 e. The van der Waals surface area contributed by atoms with Crippen molar-refractivity contribution in [2.24, 2.45) is 7.05 Å². The second-order valence-electron chi connectivity index (χ2n) is 5.20. The van der Waals surface area contributed by atoms with E-state index in [4.69, 9.17) is 9.15 Å². The van der Waals surface area contributed by atoms with E-state index in [-0.39, 0.29) is 17.7 Å². The third-order valence-corrected chi connectivity index (χ3v) is 3.72. The first-order chi connectivity index (χ1) is 12.0. The number of aryl methyl sites for hydroxylation is 1. The fraction of sp³-hybridized carbons (Fsp3) is 0.263. The average molecular weight is 343 g/mol. The molecule has 6 nitrogen and oxygen atoms in total. The lowest BCUT2D eigenvalue weighted by atomic mass is 10.1. The largest absolute Gasteiger partial charge is 0.487 e. The van der Waals surface area contributed by atoms with E-state index in [0.717, 1.165) is 5.69 Å². The number of carboxylic acids is 1. The SMILES string of the molecule is CC.Cc1oc2ccc(OCc3cccc(=O)n3C)cc2c1C(=O)O. The summed E-state index contributed by atoms with van der Waals surface area (Å²) in [6.45, 7) is 5.82. The highest BCUT2D eigenvalue weighted by atomic mass is 16.5. The summed E-state index contributed by atoms with van der Waals surface area (Å²) in [6, 6.07) is 9.96. The molecule has 0 saturated heterocycles. The number of aromatic nitrogens is 1. The Bertz CT molecular complexity index is 952. The van der Waals surface area contributed by atoms with Gasteiger partial charge in [0.25, 0.3) is 5.56 Å². The number of ether oxygens (including phenoxy) is 1. The molecule has 0 aliphatic carbocycles. The number of furan rings is 1. The summed E-state index contributed by atoms with van der Waals surface area (Å²) in [5.74, 6) is -0.170. The fourth-order valence-electron chi connectivity index (χ4n) is 2.46. The molecule has 1 aromatic carbocycles. The van der Waals surface area contributed by atoms with E-state index < -0.39 is 5.97 Å². The van der Waals surface area contributed by atoms with Crippen molar-refractivity contribution in [2.45, 2.75) is 27.4 Å². The Morgan fingerprint density at radius 3 is 2.64 bits per heavy atom. The van der Waals surface area contributed by atoms with Gasteiger partial charge >= 0.3 is 5.97 Å². The van der Waals surface area contributed by atoms with Crippen LogP contribution in [-0.4, -0.2) is 15.6 Å². The van der Waals surface area contributed by atoms with Crippen LogP contribution in [0.4, 0.5) is 0 Å². The van der Waals surface area contributed by atoms with Crippen LogP contribution in [0, 0.1) is 6.92 Å². The molecular weight excluding hydrogens is 322 g/mol. The molecule has 2 aromatic heterocycles. The van der Waals surface area contributed by atoms with E-state index in [0.29, 0.717) is 22.5 Å². The van der Waals surface area contributed by atoms with E-state index in [1.54, 1.807) is 44.3 Å². The zero-order chi connectivity index (χ0) is 18.6. The molecule has 2 heterocycles. The van der Waals surface area contributed by atoms with E-state index in [1.165, 1.54) is 10.6 Å². The number of fused-ring (bicyclic) bond motifs is 1. The van der Waals surface area contributed by atoms with Gasteiger partial charge in [0.1, 0.15) is 29.3 Å². The summed E-state index contributed by atoms with van der Waals surface area (Å²) in [7, 11) is 1.67. The number of benzene rings is 1. The van der Waals surface area contributed by atoms with Crippen LogP contribution in [0.5, 0.6) is 5.75 Å². The molecule has 6 heteroatoms. The van der Waals surface area contributed by atoms with Gasteiger partial charge < -0.3 is 18.8 Å². The lowest BCUT2D eigenvalue weighted by molar-refractivity contribution is 0.0697. The number of carbonyl (C=O) groups is 1. The van der Waals surface area contributed by atoms with Gasteiger partial charge in [-0.3, -0.25) is 4.79 Å². The quantitative estimate of drug-likeness (QED) is 0.780. The molecule has 0 fully saturated rings. The van der Waals surface area contributed by atoms with Crippen LogP contribution in [-0.2, 0) is 13.7 Å². The molecule has 0 saturated carbocycles. The Hall–Kier alpha value is -3.02. The fourth-order valence-corrected chi connectivity index (χ4v) is 2.46.